The molecule has 0 aliphatic heterocycles. The van der Waals surface area contributed by atoms with E-state index in [1.807, 2.05) is 0 Å². The number of hydrogen-bond donors (Lipinski definition) is 1. The van der Waals surface area contributed by atoms with Gasteiger partial charge in [0.1, 0.15) is 0 Å². The maximum Gasteiger partial charge on any atom is 0.0140 e. The highest BCUT2D eigenvalue weighted by atomic mass is 14.9. The average molecular weight is 167 g/mol. The minimum Gasteiger partial charge on any atom is -0.310 e. The molecule has 12 heavy (non-hydrogen) atoms. The van der Waals surface area contributed by atoms with Gasteiger partial charge in [0, 0.05) is 12.6 Å². The van der Waals surface area contributed by atoms with Crippen LogP contribution in [0.2, 0.25) is 0 Å². The average Bonchev–Trinajstić information content (AvgIpc) is 2.80. The van der Waals surface area contributed by atoms with Crippen molar-refractivity contribution in [2.75, 3.05) is 6.54 Å². The third kappa shape index (κ3) is 3.40. The van der Waals surface area contributed by atoms with Crippen LogP contribution in [-0.4, -0.2) is 12.6 Å². The molecule has 1 nitrogen and oxygen atoms in total. The van der Waals surface area contributed by atoms with Crippen LogP contribution in [0.4, 0.5) is 0 Å². The maximum atomic E-state index is 3.59. The number of allylic oxidation sites excluding steroid dienone is 1. The quantitative estimate of drug-likeness (QED) is 0.621. The fraction of sp³-hybridized carbons (Fsp3) is 0.818. The van der Waals surface area contributed by atoms with Crippen molar-refractivity contribution in [2.45, 2.75) is 46.1 Å². The Morgan fingerprint density at radius 2 is 2.17 bits per heavy atom. The van der Waals surface area contributed by atoms with Crippen LogP contribution in [0.3, 0.4) is 0 Å². The van der Waals surface area contributed by atoms with E-state index < -0.39 is 0 Å². The molecule has 1 aliphatic carbocycles. The van der Waals surface area contributed by atoms with Crippen molar-refractivity contribution in [3.05, 3.63) is 11.6 Å². The van der Waals surface area contributed by atoms with E-state index >= 15 is 0 Å². The lowest BCUT2D eigenvalue weighted by Crippen LogP contribution is -2.30. The molecule has 0 aromatic rings. The molecule has 1 heteroatoms. The molecule has 1 unspecified atom stereocenters. The van der Waals surface area contributed by atoms with E-state index in [-0.39, 0.29) is 0 Å². The molecule has 0 saturated heterocycles. The minimum atomic E-state index is 0.778. The maximum absolute atomic E-state index is 3.59. The van der Waals surface area contributed by atoms with Crippen LogP contribution in [0.1, 0.15) is 40.0 Å². The van der Waals surface area contributed by atoms with Gasteiger partial charge >= 0.3 is 0 Å². The molecule has 1 aliphatic rings. The van der Waals surface area contributed by atoms with Crippen LogP contribution < -0.4 is 5.32 Å². The molecule has 0 bridgehead atoms. The Morgan fingerprint density at radius 3 is 2.58 bits per heavy atom. The van der Waals surface area contributed by atoms with Gasteiger partial charge in [-0.15, -0.1) is 0 Å². The van der Waals surface area contributed by atoms with E-state index in [0.29, 0.717) is 0 Å². The van der Waals surface area contributed by atoms with Crippen LogP contribution >= 0.6 is 0 Å². The fourth-order valence-electron chi connectivity index (χ4n) is 1.56. The lowest BCUT2D eigenvalue weighted by atomic mass is 10.1. The summed E-state index contributed by atoms with van der Waals surface area (Å²) in [6.07, 6.45) is 6.44. The predicted molar refractivity (Wildman–Crippen MR) is 54.2 cm³/mol. The molecule has 0 heterocycles. The van der Waals surface area contributed by atoms with Gasteiger partial charge < -0.3 is 5.32 Å². The van der Waals surface area contributed by atoms with Crippen LogP contribution in [-0.2, 0) is 0 Å². The van der Waals surface area contributed by atoms with Gasteiger partial charge in [-0.05, 0) is 39.0 Å². The Labute approximate surface area is 76.2 Å². The monoisotopic (exact) mass is 167 g/mol. The molecular formula is C11H21N. The first kappa shape index (κ1) is 9.79. The zero-order chi connectivity index (χ0) is 8.97. The molecule has 1 saturated carbocycles. The zero-order valence-electron chi connectivity index (χ0n) is 8.56. The summed E-state index contributed by atoms with van der Waals surface area (Å²) in [6, 6.07) is 0.778. The zero-order valence-corrected chi connectivity index (χ0v) is 8.56. The second-order valence-corrected chi connectivity index (χ2v) is 4.04. The molecule has 70 valence electrons. The van der Waals surface area contributed by atoms with Crippen LogP contribution in [0.15, 0.2) is 11.6 Å². The summed E-state index contributed by atoms with van der Waals surface area (Å²) in [4.78, 5) is 0. The molecule has 1 atom stereocenters. The van der Waals surface area contributed by atoms with E-state index in [2.05, 4.69) is 32.2 Å². The summed E-state index contributed by atoms with van der Waals surface area (Å²) in [5.41, 5.74) is 1.41. The van der Waals surface area contributed by atoms with Crippen molar-refractivity contribution >= 4 is 0 Å². The normalized spacial score (nSPS) is 18.9. The second-order valence-electron chi connectivity index (χ2n) is 4.04. The highest BCUT2D eigenvalue weighted by Gasteiger charge is 2.28. The first-order valence-corrected chi connectivity index (χ1v) is 5.10. The molecule has 1 fully saturated rings. The van der Waals surface area contributed by atoms with E-state index in [9.17, 15) is 0 Å². The Bertz CT molecular complexity index is 152. The van der Waals surface area contributed by atoms with E-state index in [1.165, 1.54) is 24.8 Å². The van der Waals surface area contributed by atoms with Gasteiger partial charge in [-0.3, -0.25) is 0 Å². The van der Waals surface area contributed by atoms with Crippen molar-refractivity contribution in [3.63, 3.8) is 0 Å². The van der Waals surface area contributed by atoms with E-state index in [1.54, 1.807) is 0 Å². The van der Waals surface area contributed by atoms with Gasteiger partial charge in [0.05, 0.1) is 0 Å². The van der Waals surface area contributed by atoms with Crippen LogP contribution in [0, 0.1) is 5.92 Å². The molecule has 0 radical (unpaired) electrons. The SMILES string of the molecule is CCC(NCC=C(C)C)C1CC1. The van der Waals surface area contributed by atoms with Gasteiger partial charge in [0.2, 0.25) is 0 Å². The topological polar surface area (TPSA) is 12.0 Å². The molecule has 1 N–H and O–H groups in total. The summed E-state index contributed by atoms with van der Waals surface area (Å²) in [7, 11) is 0. The van der Waals surface area contributed by atoms with Crippen molar-refractivity contribution in [3.8, 4) is 0 Å². The number of hydrogen-bond acceptors (Lipinski definition) is 1. The van der Waals surface area contributed by atoms with Crippen molar-refractivity contribution < 1.29 is 0 Å². The lowest BCUT2D eigenvalue weighted by Gasteiger charge is -2.14. The summed E-state index contributed by atoms with van der Waals surface area (Å²) < 4.78 is 0. The van der Waals surface area contributed by atoms with Gasteiger partial charge in [-0.2, -0.15) is 0 Å². The molecular weight excluding hydrogens is 146 g/mol. The van der Waals surface area contributed by atoms with Gasteiger partial charge in [-0.1, -0.05) is 18.6 Å². The number of rotatable bonds is 5. The minimum absolute atomic E-state index is 0.778. The van der Waals surface area contributed by atoms with Crippen molar-refractivity contribution in [1.82, 2.24) is 5.32 Å². The van der Waals surface area contributed by atoms with Gasteiger partial charge in [-0.25, -0.2) is 0 Å². The first-order chi connectivity index (χ1) is 5.74. The van der Waals surface area contributed by atoms with Gasteiger partial charge in [0.15, 0.2) is 0 Å². The van der Waals surface area contributed by atoms with E-state index in [4.69, 9.17) is 0 Å². The predicted octanol–water partition coefficient (Wildman–Crippen LogP) is 2.73. The third-order valence-electron chi connectivity index (χ3n) is 2.52. The second kappa shape index (κ2) is 4.66. The Hall–Kier alpha value is -0.300. The van der Waals surface area contributed by atoms with Crippen molar-refractivity contribution in [1.29, 1.82) is 0 Å². The number of nitrogens with one attached hydrogen (secondary N) is 1. The first-order valence-electron chi connectivity index (χ1n) is 5.10. The molecule has 0 spiro atoms. The molecule has 0 aromatic carbocycles. The Morgan fingerprint density at radius 1 is 1.50 bits per heavy atom. The van der Waals surface area contributed by atoms with E-state index in [0.717, 1.165) is 18.5 Å². The molecule has 0 aromatic heterocycles. The molecule has 0 amide bonds. The third-order valence-corrected chi connectivity index (χ3v) is 2.52. The fourth-order valence-corrected chi connectivity index (χ4v) is 1.56. The van der Waals surface area contributed by atoms with Gasteiger partial charge in [0.25, 0.3) is 0 Å². The standard InChI is InChI=1S/C11H21N/c1-4-11(10-5-6-10)12-8-7-9(2)3/h7,10-12H,4-6,8H2,1-3H3. The van der Waals surface area contributed by atoms with Crippen LogP contribution in [0.25, 0.3) is 0 Å². The lowest BCUT2D eigenvalue weighted by molar-refractivity contribution is 0.471. The highest BCUT2D eigenvalue weighted by Crippen LogP contribution is 2.33. The largest absolute Gasteiger partial charge is 0.310 e. The smallest absolute Gasteiger partial charge is 0.0140 e. The summed E-state index contributed by atoms with van der Waals surface area (Å²) in [5.74, 6) is 0.987. The van der Waals surface area contributed by atoms with Crippen LogP contribution in [0.5, 0.6) is 0 Å². The highest BCUT2D eigenvalue weighted by molar-refractivity contribution is 4.96. The Balaban J connectivity index is 2.14. The summed E-state index contributed by atoms with van der Waals surface area (Å²) >= 11 is 0. The summed E-state index contributed by atoms with van der Waals surface area (Å²) in [6.45, 7) is 7.63. The molecule has 1 rings (SSSR count). The Kier molecular flexibility index (Phi) is 3.80. The summed E-state index contributed by atoms with van der Waals surface area (Å²) in [5, 5.41) is 3.59. The van der Waals surface area contributed by atoms with Crippen molar-refractivity contribution in [2.24, 2.45) is 5.92 Å².